The zero-order chi connectivity index (χ0) is 14.6. The Morgan fingerprint density at radius 1 is 1.06 bits per heavy atom. The number of hydrogen-bond acceptors (Lipinski definition) is 3. The lowest BCUT2D eigenvalue weighted by molar-refractivity contribution is 0.125. The molecule has 4 nitrogen and oxygen atoms in total. The first-order valence-corrected chi connectivity index (χ1v) is 8.11. The van der Waals surface area contributed by atoms with E-state index in [1.165, 1.54) is 0 Å². The molecule has 5 heteroatoms. The summed E-state index contributed by atoms with van der Waals surface area (Å²) in [5.74, 6) is 0.110. The lowest BCUT2D eigenvalue weighted by atomic mass is 9.89. The van der Waals surface area contributed by atoms with Crippen LogP contribution in [0.25, 0.3) is 0 Å². The second-order valence-electron chi connectivity index (χ2n) is 7.40. The van der Waals surface area contributed by atoms with E-state index >= 15 is 0 Å². The topological polar surface area (TPSA) is 66.4 Å². The van der Waals surface area contributed by atoms with Crippen LogP contribution in [0, 0.1) is 10.8 Å². The zero-order valence-corrected chi connectivity index (χ0v) is 13.4. The Kier molecular flexibility index (Phi) is 6.30. The minimum absolute atomic E-state index is 0.00121. The van der Waals surface area contributed by atoms with Crippen LogP contribution in [-0.4, -0.2) is 31.9 Å². The fourth-order valence-electron chi connectivity index (χ4n) is 1.51. The van der Waals surface area contributed by atoms with Crippen LogP contribution in [0.3, 0.4) is 0 Å². The summed E-state index contributed by atoms with van der Waals surface area (Å²) in [7, 11) is -3.28. The third kappa shape index (κ3) is 11.0. The third-order valence-corrected chi connectivity index (χ3v) is 3.86. The van der Waals surface area contributed by atoms with E-state index in [1.54, 1.807) is 0 Å². The first kappa shape index (κ1) is 17.9. The first-order valence-electron chi connectivity index (χ1n) is 6.46. The highest BCUT2D eigenvalue weighted by atomic mass is 32.2. The van der Waals surface area contributed by atoms with Crippen LogP contribution in [-0.2, 0) is 10.0 Å². The largest absolute Gasteiger partial charge is 0.392 e. The van der Waals surface area contributed by atoms with Gasteiger partial charge in [-0.25, -0.2) is 13.1 Å². The van der Waals surface area contributed by atoms with Crippen molar-refractivity contribution < 1.29 is 13.5 Å². The fraction of sp³-hybridized carbons (Fsp3) is 1.00. The predicted octanol–water partition coefficient (Wildman–Crippen LogP) is 2.14. The van der Waals surface area contributed by atoms with Gasteiger partial charge in [0.15, 0.2) is 0 Å². The number of nitrogens with one attached hydrogen (secondary N) is 1. The molecule has 1 unspecified atom stereocenters. The van der Waals surface area contributed by atoms with Crippen LogP contribution in [0.1, 0.15) is 54.4 Å². The van der Waals surface area contributed by atoms with E-state index in [0.29, 0.717) is 12.8 Å². The highest BCUT2D eigenvalue weighted by Gasteiger charge is 2.20. The molecular weight excluding hydrogens is 250 g/mol. The average Bonchev–Trinajstić information content (AvgIpc) is 2.08. The first-order chi connectivity index (χ1) is 7.81. The van der Waals surface area contributed by atoms with E-state index in [0.717, 1.165) is 0 Å². The van der Waals surface area contributed by atoms with Crippen LogP contribution in [0.15, 0.2) is 0 Å². The quantitative estimate of drug-likeness (QED) is 0.783. The van der Waals surface area contributed by atoms with Gasteiger partial charge in [0.2, 0.25) is 10.0 Å². The van der Waals surface area contributed by atoms with Gasteiger partial charge in [0, 0.05) is 6.54 Å². The SMILES string of the molecule is CC(C)(C)CCS(=O)(=O)NCC(O)CC(C)(C)C. The molecule has 0 aliphatic rings. The molecule has 0 radical (unpaired) electrons. The van der Waals surface area contributed by atoms with E-state index in [2.05, 4.69) is 4.72 Å². The molecular formula is C13H29NO3S. The van der Waals surface area contributed by atoms with Gasteiger partial charge in [-0.15, -0.1) is 0 Å². The molecule has 1 atom stereocenters. The highest BCUT2D eigenvalue weighted by Crippen LogP contribution is 2.21. The molecule has 2 N–H and O–H groups in total. The van der Waals surface area contributed by atoms with E-state index in [-0.39, 0.29) is 23.1 Å². The maximum absolute atomic E-state index is 11.7. The van der Waals surface area contributed by atoms with Crippen molar-refractivity contribution in [2.24, 2.45) is 10.8 Å². The van der Waals surface area contributed by atoms with Crippen molar-refractivity contribution in [3.63, 3.8) is 0 Å². The Hall–Kier alpha value is -0.130. The van der Waals surface area contributed by atoms with Gasteiger partial charge in [-0.3, -0.25) is 0 Å². The summed E-state index contributed by atoms with van der Waals surface area (Å²) in [5, 5.41) is 9.75. The second kappa shape index (κ2) is 6.35. The van der Waals surface area contributed by atoms with Gasteiger partial charge in [-0.2, -0.15) is 0 Å². The Bertz CT molecular complexity index is 336. The number of aliphatic hydroxyl groups is 1. The maximum atomic E-state index is 11.7. The van der Waals surface area contributed by atoms with Gasteiger partial charge in [-0.1, -0.05) is 41.5 Å². The molecule has 0 spiro atoms. The lowest BCUT2D eigenvalue weighted by Gasteiger charge is -2.23. The van der Waals surface area contributed by atoms with Gasteiger partial charge in [0.1, 0.15) is 0 Å². The molecule has 0 fully saturated rings. The Morgan fingerprint density at radius 3 is 1.94 bits per heavy atom. The second-order valence-corrected chi connectivity index (χ2v) is 9.32. The monoisotopic (exact) mass is 279 g/mol. The number of hydrogen-bond donors (Lipinski definition) is 2. The van der Waals surface area contributed by atoms with Crippen LogP contribution in [0.5, 0.6) is 0 Å². The summed E-state index contributed by atoms with van der Waals surface area (Å²) < 4.78 is 25.9. The molecule has 0 amide bonds. The van der Waals surface area contributed by atoms with Gasteiger partial charge in [-0.05, 0) is 23.7 Å². The van der Waals surface area contributed by atoms with Crippen molar-refractivity contribution in [3.05, 3.63) is 0 Å². The predicted molar refractivity (Wildman–Crippen MR) is 75.9 cm³/mol. The summed E-state index contributed by atoms with van der Waals surface area (Å²) in [6, 6.07) is 0. The molecule has 0 heterocycles. The molecule has 18 heavy (non-hydrogen) atoms. The Labute approximate surface area is 112 Å². The van der Waals surface area contributed by atoms with Crippen molar-refractivity contribution in [2.75, 3.05) is 12.3 Å². The summed E-state index contributed by atoms with van der Waals surface area (Å²) in [6.07, 6.45) is 0.557. The van der Waals surface area contributed by atoms with Crippen LogP contribution in [0.4, 0.5) is 0 Å². The van der Waals surface area contributed by atoms with Crippen molar-refractivity contribution in [3.8, 4) is 0 Å². The summed E-state index contributed by atoms with van der Waals surface area (Å²) in [5.41, 5.74) is -0.00492. The van der Waals surface area contributed by atoms with E-state index in [9.17, 15) is 13.5 Å². The number of rotatable bonds is 6. The summed E-state index contributed by atoms with van der Waals surface area (Å²) in [4.78, 5) is 0. The van der Waals surface area contributed by atoms with Crippen LogP contribution >= 0.6 is 0 Å². The van der Waals surface area contributed by atoms with Crippen LogP contribution in [0.2, 0.25) is 0 Å². The lowest BCUT2D eigenvalue weighted by Crippen LogP contribution is -2.36. The number of aliphatic hydroxyl groups excluding tert-OH is 1. The molecule has 0 saturated heterocycles. The van der Waals surface area contributed by atoms with E-state index in [1.807, 2.05) is 41.5 Å². The van der Waals surface area contributed by atoms with Gasteiger partial charge in [0.05, 0.1) is 11.9 Å². The van der Waals surface area contributed by atoms with Gasteiger partial charge >= 0.3 is 0 Å². The smallest absolute Gasteiger partial charge is 0.211 e. The molecule has 0 rings (SSSR count). The van der Waals surface area contributed by atoms with Gasteiger partial charge < -0.3 is 5.11 Å². The number of sulfonamides is 1. The molecule has 0 aliphatic carbocycles. The Balaban J connectivity index is 4.12. The molecule has 0 saturated carbocycles. The fourth-order valence-corrected chi connectivity index (χ4v) is 2.99. The van der Waals surface area contributed by atoms with E-state index < -0.39 is 16.1 Å². The van der Waals surface area contributed by atoms with Crippen LogP contribution < -0.4 is 4.72 Å². The van der Waals surface area contributed by atoms with E-state index in [4.69, 9.17) is 0 Å². The van der Waals surface area contributed by atoms with Crippen molar-refractivity contribution in [1.82, 2.24) is 4.72 Å². The highest BCUT2D eigenvalue weighted by molar-refractivity contribution is 7.89. The molecule has 0 aliphatic heterocycles. The molecule has 0 aromatic carbocycles. The Morgan fingerprint density at radius 2 is 1.56 bits per heavy atom. The zero-order valence-electron chi connectivity index (χ0n) is 12.6. The summed E-state index contributed by atoms with van der Waals surface area (Å²) >= 11 is 0. The standard InChI is InChI=1S/C13H29NO3S/c1-12(2,3)7-8-18(16,17)14-10-11(15)9-13(4,5)6/h11,14-15H,7-10H2,1-6H3. The van der Waals surface area contributed by atoms with Gasteiger partial charge in [0.25, 0.3) is 0 Å². The minimum atomic E-state index is -3.28. The van der Waals surface area contributed by atoms with Crippen molar-refractivity contribution in [1.29, 1.82) is 0 Å². The maximum Gasteiger partial charge on any atom is 0.211 e. The normalized spacial score (nSPS) is 15.7. The molecule has 0 aromatic rings. The van der Waals surface area contributed by atoms with Crippen molar-refractivity contribution >= 4 is 10.0 Å². The third-order valence-electron chi connectivity index (χ3n) is 2.51. The minimum Gasteiger partial charge on any atom is -0.392 e. The molecule has 0 bridgehead atoms. The average molecular weight is 279 g/mol. The van der Waals surface area contributed by atoms with Crippen molar-refractivity contribution in [2.45, 2.75) is 60.5 Å². The molecule has 0 aromatic heterocycles. The summed E-state index contributed by atoms with van der Waals surface area (Å²) in [6.45, 7) is 12.2. The molecule has 110 valence electrons.